The van der Waals surface area contributed by atoms with Crippen LogP contribution in [0.2, 0.25) is 0 Å². The fourth-order valence-corrected chi connectivity index (χ4v) is 0.625. The van der Waals surface area contributed by atoms with Crippen LogP contribution in [0.1, 0.15) is 19.8 Å². The summed E-state index contributed by atoms with van der Waals surface area (Å²) in [6.07, 6.45) is 3.52. The Morgan fingerprint density at radius 3 is 2.64 bits per heavy atom. The van der Waals surface area contributed by atoms with Crippen LogP contribution in [0.15, 0.2) is 12.7 Å². The summed E-state index contributed by atoms with van der Waals surface area (Å²) in [6.45, 7) is 6.82. The van der Waals surface area contributed by atoms with Crippen molar-refractivity contribution in [1.29, 1.82) is 0 Å². The molecular formula is C10H18NO3. The van der Waals surface area contributed by atoms with Crippen LogP contribution in [-0.4, -0.2) is 31.8 Å². The number of ether oxygens (including phenoxy) is 1. The normalized spacial score (nSPS) is 17.7. The molecule has 4 heteroatoms. The van der Waals surface area contributed by atoms with E-state index in [0.29, 0.717) is 6.61 Å². The van der Waals surface area contributed by atoms with Gasteiger partial charge in [0.1, 0.15) is 12.7 Å². The predicted octanol–water partition coefficient (Wildman–Crippen LogP) is 0.904. The number of hydrogen-bond donors (Lipinski definition) is 1. The lowest BCUT2D eigenvalue weighted by atomic mass is 10.3. The van der Waals surface area contributed by atoms with Crippen molar-refractivity contribution in [2.45, 2.75) is 25.9 Å². The molecule has 1 saturated heterocycles. The van der Waals surface area contributed by atoms with Crippen molar-refractivity contribution < 1.29 is 14.6 Å². The van der Waals surface area contributed by atoms with Crippen molar-refractivity contribution in [3.8, 4) is 0 Å². The molecule has 1 fully saturated rings. The number of amides is 1. The van der Waals surface area contributed by atoms with Gasteiger partial charge in [-0.2, -0.15) is 0 Å². The molecule has 1 rings (SSSR count). The van der Waals surface area contributed by atoms with Gasteiger partial charge in [-0.05, 0) is 12.5 Å². The summed E-state index contributed by atoms with van der Waals surface area (Å²) < 4.78 is 4.55. The SMILES string of the molecule is C=CC(=O)NCCCC.[O]CC1CO1. The third-order valence-corrected chi connectivity index (χ3v) is 1.60. The van der Waals surface area contributed by atoms with Gasteiger partial charge in [0.05, 0.1) is 6.61 Å². The topological polar surface area (TPSA) is 61.5 Å². The molecule has 14 heavy (non-hydrogen) atoms. The van der Waals surface area contributed by atoms with Gasteiger partial charge in [-0.25, -0.2) is 5.11 Å². The van der Waals surface area contributed by atoms with E-state index in [2.05, 4.69) is 23.6 Å². The highest BCUT2D eigenvalue weighted by atomic mass is 16.6. The van der Waals surface area contributed by atoms with Crippen LogP contribution < -0.4 is 5.32 Å². The molecule has 81 valence electrons. The van der Waals surface area contributed by atoms with Crippen molar-refractivity contribution in [2.75, 3.05) is 19.8 Å². The number of nitrogens with one attached hydrogen (secondary N) is 1. The zero-order valence-corrected chi connectivity index (χ0v) is 8.62. The molecule has 4 nitrogen and oxygen atoms in total. The number of carbonyl (C=O) groups is 1. The van der Waals surface area contributed by atoms with Crippen molar-refractivity contribution in [3.05, 3.63) is 12.7 Å². The van der Waals surface area contributed by atoms with Gasteiger partial charge >= 0.3 is 0 Å². The second kappa shape index (κ2) is 8.72. The van der Waals surface area contributed by atoms with Gasteiger partial charge in [0.25, 0.3) is 0 Å². The first-order valence-electron chi connectivity index (χ1n) is 4.84. The van der Waals surface area contributed by atoms with Crippen molar-refractivity contribution >= 4 is 5.91 Å². The summed E-state index contributed by atoms with van der Waals surface area (Å²) >= 11 is 0. The van der Waals surface area contributed by atoms with Gasteiger partial charge in [0.2, 0.25) is 5.91 Å². The van der Waals surface area contributed by atoms with Crippen LogP contribution in [-0.2, 0) is 14.6 Å². The minimum Gasteiger partial charge on any atom is -0.370 e. The van der Waals surface area contributed by atoms with Crippen molar-refractivity contribution in [2.24, 2.45) is 0 Å². The lowest BCUT2D eigenvalue weighted by Gasteiger charge is -1.97. The second-order valence-electron chi connectivity index (χ2n) is 2.97. The maximum Gasteiger partial charge on any atom is 0.243 e. The molecule has 0 saturated carbocycles. The molecule has 1 aliphatic heterocycles. The molecule has 0 aromatic rings. The first-order chi connectivity index (χ1) is 6.74. The van der Waals surface area contributed by atoms with E-state index in [1.165, 1.54) is 6.08 Å². The number of hydrogen-bond acceptors (Lipinski definition) is 2. The third-order valence-electron chi connectivity index (χ3n) is 1.60. The van der Waals surface area contributed by atoms with Gasteiger partial charge in [0, 0.05) is 6.54 Å². The van der Waals surface area contributed by atoms with E-state index in [1.807, 2.05) is 0 Å². The Hall–Kier alpha value is -0.870. The predicted molar refractivity (Wildman–Crippen MR) is 53.4 cm³/mol. The van der Waals surface area contributed by atoms with Crippen molar-refractivity contribution in [3.63, 3.8) is 0 Å². The molecule has 1 radical (unpaired) electrons. The molecule has 1 unspecified atom stereocenters. The van der Waals surface area contributed by atoms with Gasteiger partial charge in [-0.1, -0.05) is 19.9 Å². The zero-order valence-electron chi connectivity index (χ0n) is 8.62. The second-order valence-corrected chi connectivity index (χ2v) is 2.97. The van der Waals surface area contributed by atoms with Crippen LogP contribution in [0.5, 0.6) is 0 Å². The largest absolute Gasteiger partial charge is 0.370 e. The molecule has 0 aromatic heterocycles. The van der Waals surface area contributed by atoms with E-state index >= 15 is 0 Å². The highest BCUT2D eigenvalue weighted by molar-refractivity contribution is 5.86. The number of carbonyl (C=O) groups excluding carboxylic acids is 1. The van der Waals surface area contributed by atoms with E-state index in [-0.39, 0.29) is 18.6 Å². The monoisotopic (exact) mass is 200 g/mol. The molecular weight excluding hydrogens is 182 g/mol. The quantitative estimate of drug-likeness (QED) is 0.407. The highest BCUT2D eigenvalue weighted by Crippen LogP contribution is 2.05. The molecule has 0 aliphatic carbocycles. The Morgan fingerprint density at radius 2 is 2.36 bits per heavy atom. The van der Waals surface area contributed by atoms with Crippen LogP contribution in [0.25, 0.3) is 0 Å². The summed E-state index contributed by atoms with van der Waals surface area (Å²) in [7, 11) is 0. The lowest BCUT2D eigenvalue weighted by molar-refractivity contribution is -0.116. The van der Waals surface area contributed by atoms with E-state index in [0.717, 1.165) is 19.4 Å². The van der Waals surface area contributed by atoms with Gasteiger partial charge in [-0.15, -0.1) is 0 Å². The maximum atomic E-state index is 10.5. The van der Waals surface area contributed by atoms with Gasteiger partial charge in [-0.3, -0.25) is 4.79 Å². The fourth-order valence-electron chi connectivity index (χ4n) is 0.625. The Bertz CT molecular complexity index is 167. The number of unbranched alkanes of at least 4 members (excludes halogenated alkanes) is 1. The Balaban J connectivity index is 0.000000280. The van der Waals surface area contributed by atoms with Gasteiger partial charge < -0.3 is 10.1 Å². The summed E-state index contributed by atoms with van der Waals surface area (Å²) in [4.78, 5) is 10.5. The number of rotatable bonds is 5. The lowest BCUT2D eigenvalue weighted by Crippen LogP contribution is -2.21. The third kappa shape index (κ3) is 9.22. The first-order valence-corrected chi connectivity index (χ1v) is 4.84. The molecule has 1 aliphatic rings. The molecule has 1 atom stereocenters. The minimum absolute atomic E-state index is 0.0556. The van der Waals surface area contributed by atoms with E-state index in [9.17, 15) is 9.90 Å². The summed E-state index contributed by atoms with van der Waals surface area (Å²) in [6, 6.07) is 0. The fraction of sp³-hybridized carbons (Fsp3) is 0.700. The van der Waals surface area contributed by atoms with Crippen molar-refractivity contribution in [1.82, 2.24) is 5.32 Å². The van der Waals surface area contributed by atoms with Crippen LogP contribution >= 0.6 is 0 Å². The van der Waals surface area contributed by atoms with Crippen LogP contribution in [0.4, 0.5) is 0 Å². The van der Waals surface area contributed by atoms with Gasteiger partial charge in [0.15, 0.2) is 0 Å². The molecule has 0 aromatic carbocycles. The summed E-state index contributed by atoms with van der Waals surface area (Å²) in [5.41, 5.74) is 0. The molecule has 1 heterocycles. The summed E-state index contributed by atoms with van der Waals surface area (Å²) in [5.74, 6) is -0.0801. The van der Waals surface area contributed by atoms with E-state index < -0.39 is 0 Å². The van der Waals surface area contributed by atoms with Crippen LogP contribution in [0, 0.1) is 0 Å². The Labute approximate surface area is 85.0 Å². The average molecular weight is 200 g/mol. The van der Waals surface area contributed by atoms with Crippen LogP contribution in [0.3, 0.4) is 0 Å². The number of epoxide rings is 1. The minimum atomic E-state index is -0.0801. The maximum absolute atomic E-state index is 10.5. The smallest absolute Gasteiger partial charge is 0.243 e. The zero-order chi connectivity index (χ0) is 10.8. The first kappa shape index (κ1) is 13.1. The molecule has 1 N–H and O–H groups in total. The van der Waals surface area contributed by atoms with E-state index in [1.54, 1.807) is 0 Å². The summed E-state index contributed by atoms with van der Waals surface area (Å²) in [5, 5.41) is 12.2. The standard InChI is InChI=1S/C7H13NO.C3H5O2/c1-3-5-6-8-7(9)4-2;4-1-3-2-5-3/h4H,2-3,5-6H2,1H3,(H,8,9);3H,1-2H2. The molecule has 0 spiro atoms. The molecule has 1 amide bonds. The van der Waals surface area contributed by atoms with E-state index in [4.69, 9.17) is 0 Å². The Morgan fingerprint density at radius 1 is 1.71 bits per heavy atom. The molecule has 0 bridgehead atoms. The highest BCUT2D eigenvalue weighted by Gasteiger charge is 2.20. The average Bonchev–Trinajstić information content (AvgIpc) is 3.02. The Kier molecular flexibility index (Phi) is 8.17.